The molecule has 0 saturated heterocycles. The number of aliphatic hydroxyl groups is 1. The number of benzene rings is 2. The van der Waals surface area contributed by atoms with Crippen molar-refractivity contribution < 1.29 is 5.11 Å². The van der Waals surface area contributed by atoms with E-state index in [1.807, 2.05) is 19.1 Å². The van der Waals surface area contributed by atoms with E-state index in [1.165, 1.54) is 11.1 Å². The molecule has 0 aliphatic carbocycles. The van der Waals surface area contributed by atoms with E-state index >= 15 is 0 Å². The highest BCUT2D eigenvalue weighted by atomic mass is 35.5. The van der Waals surface area contributed by atoms with Crippen molar-refractivity contribution >= 4 is 12.4 Å². The molecule has 0 bridgehead atoms. The lowest BCUT2D eigenvalue weighted by Crippen LogP contribution is -2.34. The minimum Gasteiger partial charge on any atom is -0.395 e. The van der Waals surface area contributed by atoms with E-state index in [0.29, 0.717) is 0 Å². The summed E-state index contributed by atoms with van der Waals surface area (Å²) in [4.78, 5) is 0. The van der Waals surface area contributed by atoms with E-state index in [9.17, 15) is 5.11 Å². The van der Waals surface area contributed by atoms with Crippen LogP contribution in [0.1, 0.15) is 24.1 Å². The Morgan fingerprint density at radius 2 is 1.50 bits per heavy atom. The van der Waals surface area contributed by atoms with Crippen LogP contribution in [0.25, 0.3) is 0 Å². The predicted octanol–water partition coefficient (Wildman–Crippen LogP) is 3.36. The molecule has 0 fully saturated rings. The molecule has 0 aromatic heterocycles. The number of halogens is 1. The summed E-state index contributed by atoms with van der Waals surface area (Å²) in [6.45, 7) is 2.15. The van der Waals surface area contributed by atoms with Crippen molar-refractivity contribution in [3.8, 4) is 0 Å². The van der Waals surface area contributed by atoms with Crippen molar-refractivity contribution in [2.75, 3.05) is 6.61 Å². The maximum atomic E-state index is 9.23. The van der Waals surface area contributed by atoms with Crippen LogP contribution in [0.15, 0.2) is 60.7 Å². The van der Waals surface area contributed by atoms with Gasteiger partial charge in [-0.1, -0.05) is 60.7 Å². The van der Waals surface area contributed by atoms with E-state index in [-0.39, 0.29) is 31.1 Å². The van der Waals surface area contributed by atoms with Crippen LogP contribution in [0.5, 0.6) is 0 Å². The van der Waals surface area contributed by atoms with Gasteiger partial charge in [-0.3, -0.25) is 0 Å². The molecule has 0 aliphatic rings. The highest BCUT2D eigenvalue weighted by Gasteiger charge is 2.14. The molecule has 20 heavy (non-hydrogen) atoms. The van der Waals surface area contributed by atoms with Gasteiger partial charge in [-0.25, -0.2) is 0 Å². The van der Waals surface area contributed by atoms with Crippen LogP contribution < -0.4 is 5.32 Å². The summed E-state index contributed by atoms with van der Waals surface area (Å²) >= 11 is 0. The zero-order valence-corrected chi connectivity index (χ0v) is 12.5. The molecule has 2 aromatic carbocycles. The first-order valence-corrected chi connectivity index (χ1v) is 6.75. The van der Waals surface area contributed by atoms with E-state index < -0.39 is 0 Å². The van der Waals surface area contributed by atoms with E-state index in [4.69, 9.17) is 0 Å². The number of hydrogen-bond acceptors (Lipinski definition) is 2. The van der Waals surface area contributed by atoms with Gasteiger partial charge in [0.05, 0.1) is 6.61 Å². The topological polar surface area (TPSA) is 32.3 Å². The van der Waals surface area contributed by atoms with Crippen LogP contribution in [-0.2, 0) is 6.42 Å². The second-order valence-electron chi connectivity index (χ2n) is 4.90. The van der Waals surface area contributed by atoms with Crippen LogP contribution in [0.4, 0.5) is 0 Å². The summed E-state index contributed by atoms with van der Waals surface area (Å²) in [6, 6.07) is 21.2. The Morgan fingerprint density at radius 3 is 2.05 bits per heavy atom. The molecule has 2 N–H and O–H groups in total. The molecule has 0 spiro atoms. The van der Waals surface area contributed by atoms with Crippen molar-refractivity contribution in [2.24, 2.45) is 0 Å². The van der Waals surface area contributed by atoms with Crippen molar-refractivity contribution in [1.29, 1.82) is 0 Å². The lowest BCUT2D eigenvalue weighted by Gasteiger charge is -2.23. The molecule has 2 aromatic rings. The molecule has 2 atom stereocenters. The first-order valence-electron chi connectivity index (χ1n) is 6.75. The highest BCUT2D eigenvalue weighted by molar-refractivity contribution is 5.85. The Labute approximate surface area is 127 Å². The Hall–Kier alpha value is -1.35. The average molecular weight is 292 g/mol. The monoisotopic (exact) mass is 291 g/mol. The molecule has 2 nitrogen and oxygen atoms in total. The smallest absolute Gasteiger partial charge is 0.0582 e. The van der Waals surface area contributed by atoms with Crippen molar-refractivity contribution in [2.45, 2.75) is 25.4 Å². The fraction of sp³-hybridized carbons (Fsp3) is 0.294. The van der Waals surface area contributed by atoms with Gasteiger partial charge < -0.3 is 10.4 Å². The summed E-state index contributed by atoms with van der Waals surface area (Å²) in [5.74, 6) is 0. The van der Waals surface area contributed by atoms with Crippen LogP contribution in [0, 0.1) is 0 Å². The van der Waals surface area contributed by atoms with Gasteiger partial charge in [-0.2, -0.15) is 0 Å². The summed E-state index contributed by atoms with van der Waals surface area (Å²) in [5.41, 5.74) is 2.56. The van der Waals surface area contributed by atoms with Crippen LogP contribution in [-0.4, -0.2) is 17.8 Å². The van der Waals surface area contributed by atoms with Crippen LogP contribution >= 0.6 is 12.4 Å². The minimum atomic E-state index is 0. The molecular formula is C17H22ClNO. The van der Waals surface area contributed by atoms with Crippen LogP contribution in [0.3, 0.4) is 0 Å². The van der Waals surface area contributed by atoms with Crippen molar-refractivity contribution in [3.05, 3.63) is 71.8 Å². The standard InChI is InChI=1S/C17H21NO.ClH/c1-14(13-19)18-17(16-10-6-3-7-11-16)12-15-8-4-2-5-9-15;/h2-11,14,17-19H,12-13H2,1H3;1H. The van der Waals surface area contributed by atoms with Crippen molar-refractivity contribution in [1.82, 2.24) is 5.32 Å². The summed E-state index contributed by atoms with van der Waals surface area (Å²) < 4.78 is 0. The second-order valence-corrected chi connectivity index (χ2v) is 4.90. The normalized spacial score (nSPS) is 13.3. The molecule has 2 rings (SSSR count). The Kier molecular flexibility index (Phi) is 7.31. The second kappa shape index (κ2) is 8.75. The maximum Gasteiger partial charge on any atom is 0.0582 e. The number of aliphatic hydroxyl groups excluding tert-OH is 1. The largest absolute Gasteiger partial charge is 0.395 e. The Balaban J connectivity index is 0.00000200. The molecular weight excluding hydrogens is 270 g/mol. The van der Waals surface area contributed by atoms with Gasteiger partial charge in [0.25, 0.3) is 0 Å². The third kappa shape index (κ3) is 4.97. The lowest BCUT2D eigenvalue weighted by molar-refractivity contribution is 0.240. The molecule has 108 valence electrons. The zero-order chi connectivity index (χ0) is 13.5. The predicted molar refractivity (Wildman–Crippen MR) is 86.3 cm³/mol. The fourth-order valence-corrected chi connectivity index (χ4v) is 2.20. The summed E-state index contributed by atoms with van der Waals surface area (Å²) in [5, 5.41) is 12.7. The quantitative estimate of drug-likeness (QED) is 0.855. The molecule has 0 amide bonds. The molecule has 0 heterocycles. The van der Waals surface area contributed by atoms with Gasteiger partial charge in [0.15, 0.2) is 0 Å². The van der Waals surface area contributed by atoms with Crippen molar-refractivity contribution in [3.63, 3.8) is 0 Å². The first-order chi connectivity index (χ1) is 9.29. The number of hydrogen-bond donors (Lipinski definition) is 2. The van der Waals surface area contributed by atoms with Crippen LogP contribution in [0.2, 0.25) is 0 Å². The maximum absolute atomic E-state index is 9.23. The van der Waals surface area contributed by atoms with Gasteiger partial charge >= 0.3 is 0 Å². The van der Waals surface area contributed by atoms with E-state index in [0.717, 1.165) is 6.42 Å². The van der Waals surface area contributed by atoms with Gasteiger partial charge in [-0.15, -0.1) is 12.4 Å². The fourth-order valence-electron chi connectivity index (χ4n) is 2.20. The third-order valence-electron chi connectivity index (χ3n) is 3.24. The molecule has 0 aliphatic heterocycles. The summed E-state index contributed by atoms with van der Waals surface area (Å²) in [6.07, 6.45) is 0.926. The molecule has 3 heteroatoms. The number of nitrogens with one attached hydrogen (secondary N) is 1. The zero-order valence-electron chi connectivity index (χ0n) is 11.7. The Morgan fingerprint density at radius 1 is 0.950 bits per heavy atom. The minimum absolute atomic E-state index is 0. The van der Waals surface area contributed by atoms with Gasteiger partial charge in [0.2, 0.25) is 0 Å². The molecule has 0 saturated carbocycles. The average Bonchev–Trinajstić information content (AvgIpc) is 2.48. The summed E-state index contributed by atoms with van der Waals surface area (Å²) in [7, 11) is 0. The van der Waals surface area contributed by atoms with Gasteiger partial charge in [0.1, 0.15) is 0 Å². The highest BCUT2D eigenvalue weighted by Crippen LogP contribution is 2.18. The third-order valence-corrected chi connectivity index (χ3v) is 3.24. The first kappa shape index (κ1) is 16.7. The SMILES string of the molecule is CC(CO)NC(Cc1ccccc1)c1ccccc1.Cl. The van der Waals surface area contributed by atoms with Gasteiger partial charge in [0, 0.05) is 12.1 Å². The lowest BCUT2D eigenvalue weighted by atomic mass is 9.98. The molecule has 2 unspecified atom stereocenters. The number of rotatable bonds is 6. The van der Waals surface area contributed by atoms with Gasteiger partial charge in [-0.05, 0) is 24.5 Å². The van der Waals surface area contributed by atoms with E-state index in [2.05, 4.69) is 53.8 Å². The van der Waals surface area contributed by atoms with E-state index in [1.54, 1.807) is 0 Å². The molecule has 0 radical (unpaired) electrons. The Bertz CT molecular complexity index is 475.